The summed E-state index contributed by atoms with van der Waals surface area (Å²) in [6.45, 7) is 0. The first kappa shape index (κ1) is 7.64. The molecule has 0 bridgehead atoms. The molecule has 9 heavy (non-hydrogen) atoms. The lowest BCUT2D eigenvalue weighted by Crippen LogP contribution is -2.19. The van der Waals surface area contributed by atoms with Crippen LogP contribution in [0.15, 0.2) is 17.3 Å². The Morgan fingerprint density at radius 2 is 2.33 bits per heavy atom. The van der Waals surface area contributed by atoms with Crippen LogP contribution in [0.25, 0.3) is 0 Å². The van der Waals surface area contributed by atoms with Gasteiger partial charge in [0.25, 0.3) is 0 Å². The van der Waals surface area contributed by atoms with E-state index in [1.54, 1.807) is 6.20 Å². The summed E-state index contributed by atoms with van der Waals surface area (Å²) in [6.07, 6.45) is 3.04. The third kappa shape index (κ3) is 1.73. The van der Waals surface area contributed by atoms with Gasteiger partial charge in [-0.1, -0.05) is 22.6 Å². The largest absolute Gasteiger partial charge is 0.293 e. The van der Waals surface area contributed by atoms with Gasteiger partial charge in [-0.2, -0.15) is 0 Å². The maximum atomic E-state index is 10.8. The number of rotatable bonds is 0. The monoisotopic (exact) mass is 347 g/mol. The molecule has 2 nitrogen and oxygen atoms in total. The SMILES string of the molecule is O=C1C=CN=C(I)C1I. The Morgan fingerprint density at radius 3 is 2.78 bits per heavy atom. The summed E-state index contributed by atoms with van der Waals surface area (Å²) in [6, 6.07) is 0. The van der Waals surface area contributed by atoms with Crippen LogP contribution in [-0.2, 0) is 4.79 Å². The molecule has 0 saturated carbocycles. The van der Waals surface area contributed by atoms with Gasteiger partial charge in [0.15, 0.2) is 5.78 Å². The van der Waals surface area contributed by atoms with Crippen LogP contribution in [0.1, 0.15) is 0 Å². The molecule has 0 aromatic heterocycles. The molecule has 1 atom stereocenters. The average Bonchev–Trinajstić information content (AvgIpc) is 1.83. The van der Waals surface area contributed by atoms with Crippen LogP contribution < -0.4 is 0 Å². The zero-order chi connectivity index (χ0) is 6.85. The molecule has 1 unspecified atom stereocenters. The molecule has 0 aromatic carbocycles. The van der Waals surface area contributed by atoms with E-state index in [9.17, 15) is 4.79 Å². The van der Waals surface area contributed by atoms with Crippen LogP contribution in [0.5, 0.6) is 0 Å². The van der Waals surface area contributed by atoms with Crippen molar-refractivity contribution in [1.29, 1.82) is 0 Å². The van der Waals surface area contributed by atoms with Crippen LogP contribution in [0, 0.1) is 0 Å². The second-order valence-corrected chi connectivity index (χ2v) is 3.88. The van der Waals surface area contributed by atoms with E-state index >= 15 is 0 Å². The zero-order valence-electron chi connectivity index (χ0n) is 4.34. The van der Waals surface area contributed by atoms with E-state index in [1.807, 2.05) is 0 Å². The van der Waals surface area contributed by atoms with Gasteiger partial charge in [-0.3, -0.25) is 9.79 Å². The molecule has 0 radical (unpaired) electrons. The van der Waals surface area contributed by atoms with E-state index in [1.165, 1.54) is 6.08 Å². The van der Waals surface area contributed by atoms with E-state index in [-0.39, 0.29) is 9.71 Å². The molecule has 1 aliphatic rings. The highest BCUT2D eigenvalue weighted by atomic mass is 127. The quantitative estimate of drug-likeness (QED) is 0.485. The van der Waals surface area contributed by atoms with Crippen molar-refractivity contribution >= 4 is 54.7 Å². The van der Waals surface area contributed by atoms with E-state index in [0.29, 0.717) is 0 Å². The molecule has 1 heterocycles. The third-order valence-electron chi connectivity index (χ3n) is 0.896. The van der Waals surface area contributed by atoms with Crippen molar-refractivity contribution in [2.24, 2.45) is 4.99 Å². The summed E-state index contributed by atoms with van der Waals surface area (Å²) in [5.74, 6) is 0.134. The van der Waals surface area contributed by atoms with Crippen molar-refractivity contribution in [3.63, 3.8) is 0 Å². The van der Waals surface area contributed by atoms with E-state index in [0.717, 1.165) is 3.72 Å². The maximum absolute atomic E-state index is 10.8. The molecular formula is C5H3I2NO. The third-order valence-corrected chi connectivity index (χ3v) is 4.19. The molecule has 0 N–H and O–H groups in total. The highest BCUT2D eigenvalue weighted by Crippen LogP contribution is 2.14. The molecule has 0 saturated heterocycles. The van der Waals surface area contributed by atoms with Crippen LogP contribution >= 0.6 is 45.2 Å². The van der Waals surface area contributed by atoms with Gasteiger partial charge < -0.3 is 0 Å². The summed E-state index contributed by atoms with van der Waals surface area (Å²) in [7, 11) is 0. The molecule has 0 fully saturated rings. The summed E-state index contributed by atoms with van der Waals surface area (Å²) < 4.78 is 0.814. The number of aliphatic imine (C=N–C) groups is 1. The fourth-order valence-corrected chi connectivity index (χ4v) is 1.29. The van der Waals surface area contributed by atoms with Gasteiger partial charge in [0.05, 0.1) is 3.72 Å². The van der Waals surface area contributed by atoms with E-state index in [4.69, 9.17) is 0 Å². The number of allylic oxidation sites excluding steroid dienone is 1. The number of nitrogens with zero attached hydrogens (tertiary/aromatic N) is 1. The number of carbonyl (C=O) groups excluding carboxylic acids is 1. The summed E-state index contributed by atoms with van der Waals surface area (Å²) in [5.41, 5.74) is 0. The molecule has 1 aliphatic heterocycles. The van der Waals surface area contributed by atoms with Gasteiger partial charge in [0, 0.05) is 12.3 Å². The predicted octanol–water partition coefficient (Wildman–Crippen LogP) is 1.72. The van der Waals surface area contributed by atoms with E-state index in [2.05, 4.69) is 50.2 Å². The van der Waals surface area contributed by atoms with Gasteiger partial charge in [0.1, 0.15) is 3.92 Å². The Balaban J connectivity index is 2.86. The molecule has 0 aliphatic carbocycles. The normalized spacial score (nSPS) is 26.2. The fraction of sp³-hybridized carbons (Fsp3) is 0.200. The lowest BCUT2D eigenvalue weighted by Gasteiger charge is -2.05. The first-order valence-electron chi connectivity index (χ1n) is 2.29. The van der Waals surface area contributed by atoms with Crippen LogP contribution in [0.3, 0.4) is 0 Å². The van der Waals surface area contributed by atoms with Gasteiger partial charge in [-0.15, -0.1) is 0 Å². The average molecular weight is 347 g/mol. The molecule has 1 rings (SSSR count). The first-order valence-corrected chi connectivity index (χ1v) is 4.62. The molecule has 0 spiro atoms. The number of alkyl halides is 1. The minimum atomic E-state index is -0.0480. The smallest absolute Gasteiger partial charge is 0.176 e. The molecule has 0 amide bonds. The Labute approximate surface area is 80.1 Å². The second-order valence-electron chi connectivity index (χ2n) is 1.53. The minimum Gasteiger partial charge on any atom is -0.293 e. The minimum absolute atomic E-state index is 0.0480. The number of ketones is 1. The molecule has 0 aromatic rings. The Kier molecular flexibility index (Phi) is 2.62. The Bertz CT molecular complexity index is 197. The van der Waals surface area contributed by atoms with Crippen molar-refractivity contribution in [2.75, 3.05) is 0 Å². The highest BCUT2D eigenvalue weighted by Gasteiger charge is 2.18. The van der Waals surface area contributed by atoms with E-state index < -0.39 is 0 Å². The predicted molar refractivity (Wildman–Crippen MR) is 53.4 cm³/mol. The van der Waals surface area contributed by atoms with Crippen LogP contribution in [-0.4, -0.2) is 13.4 Å². The van der Waals surface area contributed by atoms with Crippen molar-refractivity contribution < 1.29 is 4.79 Å². The fourth-order valence-electron chi connectivity index (χ4n) is 0.449. The van der Waals surface area contributed by atoms with Gasteiger partial charge in [-0.05, 0) is 22.6 Å². The molecule has 4 heteroatoms. The van der Waals surface area contributed by atoms with Gasteiger partial charge >= 0.3 is 0 Å². The topological polar surface area (TPSA) is 29.4 Å². The Morgan fingerprint density at radius 1 is 1.67 bits per heavy atom. The molecular weight excluding hydrogens is 344 g/mol. The maximum Gasteiger partial charge on any atom is 0.176 e. The zero-order valence-corrected chi connectivity index (χ0v) is 8.66. The lowest BCUT2D eigenvalue weighted by molar-refractivity contribution is -0.112. The Hall–Kier alpha value is 0.540. The van der Waals surface area contributed by atoms with Crippen molar-refractivity contribution in [3.8, 4) is 0 Å². The first-order chi connectivity index (χ1) is 4.22. The van der Waals surface area contributed by atoms with Crippen molar-refractivity contribution in [3.05, 3.63) is 12.3 Å². The lowest BCUT2D eigenvalue weighted by atomic mass is 10.3. The second kappa shape index (κ2) is 3.09. The van der Waals surface area contributed by atoms with Crippen molar-refractivity contribution in [2.45, 2.75) is 3.92 Å². The van der Waals surface area contributed by atoms with Gasteiger partial charge in [0.2, 0.25) is 0 Å². The molecule has 48 valence electrons. The standard InChI is InChI=1S/C5H3I2NO/c6-4-3(9)1-2-8-5(4)7/h1-2,4H. The van der Waals surface area contributed by atoms with Crippen molar-refractivity contribution in [1.82, 2.24) is 0 Å². The number of hydrogen-bond acceptors (Lipinski definition) is 2. The summed E-state index contributed by atoms with van der Waals surface area (Å²) in [4.78, 5) is 14.8. The van der Waals surface area contributed by atoms with Crippen LogP contribution in [0.4, 0.5) is 0 Å². The highest BCUT2D eigenvalue weighted by molar-refractivity contribution is 14.1. The number of halogens is 2. The number of hydrogen-bond donors (Lipinski definition) is 0. The number of carbonyl (C=O) groups is 1. The summed E-state index contributed by atoms with van der Waals surface area (Å²) >= 11 is 4.14. The van der Waals surface area contributed by atoms with Gasteiger partial charge in [-0.25, -0.2) is 0 Å². The summed E-state index contributed by atoms with van der Waals surface area (Å²) in [5, 5.41) is 0. The van der Waals surface area contributed by atoms with Crippen LogP contribution in [0.2, 0.25) is 0 Å².